The van der Waals surface area contributed by atoms with Crippen molar-refractivity contribution in [2.24, 2.45) is 0 Å². The van der Waals surface area contributed by atoms with Crippen molar-refractivity contribution in [2.75, 3.05) is 27.8 Å². The number of imidazole rings is 1. The maximum atomic E-state index is 12.9. The molecule has 9 nitrogen and oxygen atoms in total. The number of rotatable bonds is 6. The molecule has 2 aromatic heterocycles. The van der Waals surface area contributed by atoms with Gasteiger partial charge in [-0.25, -0.2) is 27.5 Å². The summed E-state index contributed by atoms with van der Waals surface area (Å²) in [6, 6.07) is 9.66. The zero-order valence-electron chi connectivity index (χ0n) is 18.4. The average molecular weight is 499 g/mol. The molecular weight excluding hydrogens is 480 g/mol. The third-order valence-electron chi connectivity index (χ3n) is 5.04. The quantitative estimate of drug-likeness (QED) is 0.319. The predicted octanol–water partition coefficient (Wildman–Crippen LogP) is 3.48. The summed E-state index contributed by atoms with van der Waals surface area (Å²) in [4.78, 5) is 24.7. The number of carbonyl (C=O) groups is 1. The maximum Gasteiger partial charge on any atom is 0.340 e. The summed E-state index contributed by atoms with van der Waals surface area (Å²) in [7, 11) is 0.223. The minimum absolute atomic E-state index is 0.00107. The van der Waals surface area contributed by atoms with Gasteiger partial charge in [-0.1, -0.05) is 17.5 Å². The number of carbonyl (C=O) groups excluding carboxylic acids is 1. The van der Waals surface area contributed by atoms with Gasteiger partial charge in [0.1, 0.15) is 22.7 Å². The van der Waals surface area contributed by atoms with Crippen molar-refractivity contribution >= 4 is 49.5 Å². The maximum absolute atomic E-state index is 12.9. The van der Waals surface area contributed by atoms with Gasteiger partial charge in [0, 0.05) is 24.5 Å². The van der Waals surface area contributed by atoms with Crippen LogP contribution in [0, 0.1) is 12.3 Å². The number of sulfonamides is 1. The monoisotopic (exact) mass is 498 g/mol. The summed E-state index contributed by atoms with van der Waals surface area (Å²) in [6.07, 6.45) is 5.33. The van der Waals surface area contributed by atoms with E-state index in [9.17, 15) is 13.2 Å². The molecule has 0 spiro atoms. The number of H-pyrrole nitrogens is 1. The van der Waals surface area contributed by atoms with Crippen LogP contribution in [0.5, 0.6) is 5.75 Å². The summed E-state index contributed by atoms with van der Waals surface area (Å²) in [5.74, 6) is 1.93. The van der Waals surface area contributed by atoms with Crippen LogP contribution in [-0.4, -0.2) is 61.5 Å². The van der Waals surface area contributed by atoms with Crippen molar-refractivity contribution in [3.63, 3.8) is 0 Å². The zero-order chi connectivity index (χ0) is 24.6. The molecule has 0 unspecified atom stereocenters. The predicted molar refractivity (Wildman–Crippen MR) is 128 cm³/mol. The number of aromatic amines is 1. The molecule has 0 aliphatic carbocycles. The molecule has 2 aromatic carbocycles. The Morgan fingerprint density at radius 2 is 1.97 bits per heavy atom. The van der Waals surface area contributed by atoms with Crippen LogP contribution in [-0.2, 0) is 14.8 Å². The van der Waals surface area contributed by atoms with E-state index in [1.807, 2.05) is 0 Å². The van der Waals surface area contributed by atoms with Gasteiger partial charge in [-0.05, 0) is 36.4 Å². The molecular formula is C23H19ClN4O5S. The van der Waals surface area contributed by atoms with Gasteiger partial charge in [-0.2, -0.15) is 0 Å². The van der Waals surface area contributed by atoms with Gasteiger partial charge in [0.05, 0.1) is 23.7 Å². The Morgan fingerprint density at radius 1 is 1.21 bits per heavy atom. The number of nitrogens with zero attached hydrogens (tertiary/aromatic N) is 3. The number of esters is 1. The van der Waals surface area contributed by atoms with Crippen LogP contribution in [0.15, 0.2) is 41.3 Å². The Hall–Kier alpha value is -3.65. The Bertz CT molecular complexity index is 1590. The lowest BCUT2D eigenvalue weighted by Gasteiger charge is -2.15. The summed E-state index contributed by atoms with van der Waals surface area (Å²) in [5, 5.41) is 1.14. The molecule has 0 aliphatic rings. The molecule has 2 heterocycles. The molecule has 174 valence electrons. The standard InChI is InChI=1S/C23H19ClN4O5S/c1-5-10-33-21-18(34(30,31)28(2)3)9-8-17-20(21)27-22(26-17)19-15(23(29)32-4)12-13-11-14(24)6-7-16(13)25-19/h1,6-9,11-12H,10H2,2-4H3,(H,26,27). The number of nitrogens with one attached hydrogen (secondary N) is 1. The van der Waals surface area contributed by atoms with Crippen LogP contribution < -0.4 is 4.74 Å². The lowest BCUT2D eigenvalue weighted by Crippen LogP contribution is -2.23. The number of benzene rings is 2. The van der Waals surface area contributed by atoms with E-state index in [2.05, 4.69) is 20.9 Å². The van der Waals surface area contributed by atoms with Gasteiger partial charge in [-0.3, -0.25) is 0 Å². The van der Waals surface area contributed by atoms with Crippen LogP contribution in [0.3, 0.4) is 0 Å². The van der Waals surface area contributed by atoms with Crippen LogP contribution >= 0.6 is 11.6 Å². The SMILES string of the molecule is C#CCOc1c(S(=O)(=O)N(C)C)ccc2[nH]c(-c3nc4ccc(Cl)cc4cc3C(=O)OC)nc12. The van der Waals surface area contributed by atoms with E-state index in [1.54, 1.807) is 30.3 Å². The summed E-state index contributed by atoms with van der Waals surface area (Å²) >= 11 is 6.08. The number of halogens is 1. The van der Waals surface area contributed by atoms with Crippen molar-refractivity contribution in [1.82, 2.24) is 19.3 Å². The Morgan fingerprint density at radius 3 is 2.65 bits per heavy atom. The van der Waals surface area contributed by atoms with E-state index in [0.29, 0.717) is 21.4 Å². The van der Waals surface area contributed by atoms with Gasteiger partial charge in [0.2, 0.25) is 10.0 Å². The third-order valence-corrected chi connectivity index (χ3v) is 7.11. The summed E-state index contributed by atoms with van der Waals surface area (Å²) < 4.78 is 37.3. The van der Waals surface area contributed by atoms with Crippen molar-refractivity contribution in [3.8, 4) is 29.6 Å². The van der Waals surface area contributed by atoms with E-state index in [1.165, 1.54) is 27.3 Å². The first kappa shape index (κ1) is 23.5. The van der Waals surface area contributed by atoms with E-state index in [0.717, 1.165) is 4.31 Å². The Kier molecular flexibility index (Phi) is 6.18. The highest BCUT2D eigenvalue weighted by molar-refractivity contribution is 7.89. The largest absolute Gasteiger partial charge is 0.477 e. The number of pyridine rings is 1. The number of hydrogen-bond donors (Lipinski definition) is 1. The molecule has 0 saturated heterocycles. The lowest BCUT2D eigenvalue weighted by molar-refractivity contribution is 0.0601. The smallest absolute Gasteiger partial charge is 0.340 e. The lowest BCUT2D eigenvalue weighted by atomic mass is 10.1. The normalized spacial score (nSPS) is 11.6. The van der Waals surface area contributed by atoms with Crippen molar-refractivity contribution < 1.29 is 22.7 Å². The molecule has 34 heavy (non-hydrogen) atoms. The molecule has 11 heteroatoms. The third kappa shape index (κ3) is 4.05. The fourth-order valence-corrected chi connectivity index (χ4v) is 4.59. The van der Waals surface area contributed by atoms with Gasteiger partial charge in [0.15, 0.2) is 11.6 Å². The second-order valence-corrected chi connectivity index (χ2v) is 9.92. The van der Waals surface area contributed by atoms with Crippen molar-refractivity contribution in [2.45, 2.75) is 4.90 Å². The fraction of sp³-hybridized carbons (Fsp3) is 0.174. The highest BCUT2D eigenvalue weighted by Crippen LogP contribution is 2.35. The number of ether oxygens (including phenoxy) is 2. The molecule has 0 bridgehead atoms. The number of fused-ring (bicyclic) bond motifs is 2. The van der Waals surface area contributed by atoms with Crippen molar-refractivity contribution in [3.05, 3.63) is 47.0 Å². The van der Waals surface area contributed by atoms with Crippen LogP contribution in [0.2, 0.25) is 5.02 Å². The highest BCUT2D eigenvalue weighted by Gasteiger charge is 2.27. The molecule has 0 radical (unpaired) electrons. The first-order valence-corrected chi connectivity index (χ1v) is 11.7. The molecule has 0 amide bonds. The molecule has 1 N–H and O–H groups in total. The Labute approximate surface area is 200 Å². The van der Waals surface area contributed by atoms with Crippen LogP contribution in [0.25, 0.3) is 33.5 Å². The first-order chi connectivity index (χ1) is 16.2. The number of aromatic nitrogens is 3. The van der Waals surface area contributed by atoms with Gasteiger partial charge < -0.3 is 14.5 Å². The van der Waals surface area contributed by atoms with Gasteiger partial charge in [-0.15, -0.1) is 6.42 Å². The summed E-state index contributed by atoms with van der Waals surface area (Å²) in [5.41, 5.74) is 1.64. The molecule has 0 fully saturated rings. The Balaban J connectivity index is 2.00. The van der Waals surface area contributed by atoms with Gasteiger partial charge >= 0.3 is 5.97 Å². The summed E-state index contributed by atoms with van der Waals surface area (Å²) in [6.45, 7) is -0.167. The number of hydrogen-bond acceptors (Lipinski definition) is 7. The minimum atomic E-state index is -3.86. The van der Waals surface area contributed by atoms with E-state index >= 15 is 0 Å². The van der Waals surface area contributed by atoms with E-state index in [-0.39, 0.29) is 39.9 Å². The van der Waals surface area contributed by atoms with Crippen LogP contribution in [0.1, 0.15) is 10.4 Å². The topological polar surface area (TPSA) is 114 Å². The molecule has 0 aliphatic heterocycles. The van der Waals surface area contributed by atoms with Crippen LogP contribution in [0.4, 0.5) is 0 Å². The second-order valence-electron chi connectivity index (χ2n) is 7.37. The number of methoxy groups -OCH3 is 1. The molecule has 4 rings (SSSR count). The fourth-order valence-electron chi connectivity index (χ4n) is 3.39. The first-order valence-electron chi connectivity index (χ1n) is 9.88. The zero-order valence-corrected chi connectivity index (χ0v) is 20.0. The highest BCUT2D eigenvalue weighted by atomic mass is 35.5. The molecule has 4 aromatic rings. The molecule has 0 atom stereocenters. The number of terminal acetylenes is 1. The second kappa shape index (κ2) is 8.95. The minimum Gasteiger partial charge on any atom is -0.477 e. The molecule has 0 saturated carbocycles. The average Bonchev–Trinajstić information content (AvgIpc) is 3.25. The van der Waals surface area contributed by atoms with E-state index in [4.69, 9.17) is 27.5 Å². The van der Waals surface area contributed by atoms with Gasteiger partial charge in [0.25, 0.3) is 0 Å². The van der Waals surface area contributed by atoms with E-state index < -0.39 is 16.0 Å². The van der Waals surface area contributed by atoms with Crippen molar-refractivity contribution in [1.29, 1.82) is 0 Å².